The Hall–Kier alpha value is -1.04. The molecule has 0 heterocycles. The normalized spacial score (nSPS) is 18.8. The molecule has 2 aliphatic rings. The Morgan fingerprint density at radius 2 is 1.88 bits per heavy atom. The standard InChI is InChI=1S/C17H22/c1-3-5-12(2)16-9-8-15-10-13-6-4-7-14(13)11-17(15)16/h9-12H,3-8H2,1-2H3. The van der Waals surface area contributed by atoms with Gasteiger partial charge < -0.3 is 0 Å². The van der Waals surface area contributed by atoms with Crippen LogP contribution in [-0.2, 0) is 19.3 Å². The van der Waals surface area contributed by atoms with E-state index in [0.29, 0.717) is 0 Å². The van der Waals surface area contributed by atoms with Gasteiger partial charge >= 0.3 is 0 Å². The minimum absolute atomic E-state index is 0.737. The van der Waals surface area contributed by atoms with Gasteiger partial charge in [0.15, 0.2) is 0 Å². The molecule has 1 atom stereocenters. The molecule has 90 valence electrons. The summed E-state index contributed by atoms with van der Waals surface area (Å²) in [4.78, 5) is 0. The van der Waals surface area contributed by atoms with Gasteiger partial charge in [-0.1, -0.05) is 38.5 Å². The van der Waals surface area contributed by atoms with Crippen molar-refractivity contribution in [3.8, 4) is 0 Å². The molecule has 0 N–H and O–H groups in total. The highest BCUT2D eigenvalue weighted by Gasteiger charge is 2.22. The smallest absolute Gasteiger partial charge is 0.00852 e. The van der Waals surface area contributed by atoms with Crippen molar-refractivity contribution in [2.75, 3.05) is 0 Å². The summed E-state index contributed by atoms with van der Waals surface area (Å²) in [6, 6.07) is 4.99. The first-order chi connectivity index (χ1) is 8.29. The van der Waals surface area contributed by atoms with Gasteiger partial charge in [-0.3, -0.25) is 0 Å². The summed E-state index contributed by atoms with van der Waals surface area (Å²) in [5.41, 5.74) is 8.04. The van der Waals surface area contributed by atoms with Gasteiger partial charge in [-0.05, 0) is 65.8 Å². The van der Waals surface area contributed by atoms with E-state index in [1.165, 1.54) is 38.5 Å². The molecule has 0 amide bonds. The fourth-order valence-corrected chi connectivity index (χ4v) is 3.50. The second kappa shape index (κ2) is 4.33. The van der Waals surface area contributed by atoms with E-state index >= 15 is 0 Å². The van der Waals surface area contributed by atoms with Crippen molar-refractivity contribution >= 4 is 5.57 Å². The summed E-state index contributed by atoms with van der Waals surface area (Å²) in [6.45, 7) is 4.67. The molecule has 2 aliphatic carbocycles. The van der Waals surface area contributed by atoms with E-state index in [1.54, 1.807) is 27.8 Å². The molecule has 1 aromatic rings. The van der Waals surface area contributed by atoms with Gasteiger partial charge in [-0.25, -0.2) is 0 Å². The zero-order valence-corrected chi connectivity index (χ0v) is 11.1. The van der Waals surface area contributed by atoms with Crippen LogP contribution in [0.5, 0.6) is 0 Å². The maximum absolute atomic E-state index is 2.50. The minimum atomic E-state index is 0.737. The molecule has 3 rings (SSSR count). The molecule has 0 aromatic heterocycles. The second-order valence-electron chi connectivity index (χ2n) is 5.68. The summed E-state index contributed by atoms with van der Waals surface area (Å²) < 4.78 is 0. The van der Waals surface area contributed by atoms with Gasteiger partial charge in [-0.2, -0.15) is 0 Å². The molecule has 1 aromatic carbocycles. The van der Waals surface area contributed by atoms with Gasteiger partial charge in [0.25, 0.3) is 0 Å². The first kappa shape index (κ1) is 11.1. The fourth-order valence-electron chi connectivity index (χ4n) is 3.50. The SMILES string of the molecule is CCCC(C)C1=CCc2cc3c(cc21)CCC3. The first-order valence-electron chi connectivity index (χ1n) is 7.14. The van der Waals surface area contributed by atoms with Crippen LogP contribution in [-0.4, -0.2) is 0 Å². The highest BCUT2D eigenvalue weighted by molar-refractivity contribution is 5.75. The Morgan fingerprint density at radius 1 is 1.12 bits per heavy atom. The van der Waals surface area contributed by atoms with E-state index in [4.69, 9.17) is 0 Å². The molecule has 0 saturated carbocycles. The number of allylic oxidation sites excluding steroid dienone is 2. The van der Waals surface area contributed by atoms with Crippen LogP contribution in [0.15, 0.2) is 18.2 Å². The third-order valence-corrected chi connectivity index (χ3v) is 4.42. The van der Waals surface area contributed by atoms with Crippen LogP contribution < -0.4 is 0 Å². The molecule has 0 aliphatic heterocycles. The topological polar surface area (TPSA) is 0 Å². The maximum atomic E-state index is 2.50. The van der Waals surface area contributed by atoms with Crippen molar-refractivity contribution in [1.82, 2.24) is 0 Å². The Morgan fingerprint density at radius 3 is 2.65 bits per heavy atom. The molecule has 17 heavy (non-hydrogen) atoms. The number of hydrogen-bond donors (Lipinski definition) is 0. The van der Waals surface area contributed by atoms with Gasteiger partial charge in [0.2, 0.25) is 0 Å². The number of fused-ring (bicyclic) bond motifs is 2. The second-order valence-corrected chi connectivity index (χ2v) is 5.68. The van der Waals surface area contributed by atoms with Crippen LogP contribution in [0.3, 0.4) is 0 Å². The van der Waals surface area contributed by atoms with E-state index in [9.17, 15) is 0 Å². The Balaban J connectivity index is 1.95. The first-order valence-corrected chi connectivity index (χ1v) is 7.14. The average molecular weight is 226 g/mol. The monoisotopic (exact) mass is 226 g/mol. The molecule has 0 nitrogen and oxygen atoms in total. The quantitative estimate of drug-likeness (QED) is 0.709. The number of hydrogen-bond acceptors (Lipinski definition) is 0. The van der Waals surface area contributed by atoms with Gasteiger partial charge in [0.05, 0.1) is 0 Å². The number of aryl methyl sites for hydroxylation is 2. The summed E-state index contributed by atoms with van der Waals surface area (Å²) in [5.74, 6) is 0.737. The summed E-state index contributed by atoms with van der Waals surface area (Å²) in [7, 11) is 0. The fraction of sp³-hybridized carbons (Fsp3) is 0.529. The van der Waals surface area contributed by atoms with Crippen molar-refractivity contribution < 1.29 is 0 Å². The molecule has 0 saturated heterocycles. The Labute approximate surface area is 105 Å². The average Bonchev–Trinajstić information content (AvgIpc) is 2.91. The third kappa shape index (κ3) is 1.84. The third-order valence-electron chi connectivity index (χ3n) is 4.42. The van der Waals surface area contributed by atoms with Crippen LogP contribution in [0.2, 0.25) is 0 Å². The lowest BCUT2D eigenvalue weighted by atomic mass is 9.90. The Bertz CT molecular complexity index is 465. The summed E-state index contributed by atoms with van der Waals surface area (Å²) in [5, 5.41) is 0. The Kier molecular flexibility index (Phi) is 2.82. The minimum Gasteiger partial charge on any atom is -0.0760 e. The predicted octanol–water partition coefficient (Wildman–Crippen LogP) is 4.55. The molecule has 0 bridgehead atoms. The lowest BCUT2D eigenvalue weighted by Crippen LogP contribution is -1.98. The molecule has 0 spiro atoms. The van der Waals surface area contributed by atoms with Gasteiger partial charge in [0, 0.05) is 0 Å². The van der Waals surface area contributed by atoms with Crippen LogP contribution in [0, 0.1) is 5.92 Å². The van der Waals surface area contributed by atoms with Crippen LogP contribution in [0.1, 0.15) is 55.4 Å². The van der Waals surface area contributed by atoms with E-state index in [-0.39, 0.29) is 0 Å². The van der Waals surface area contributed by atoms with Gasteiger partial charge in [-0.15, -0.1) is 0 Å². The van der Waals surface area contributed by atoms with Crippen molar-refractivity contribution in [2.24, 2.45) is 5.92 Å². The number of rotatable bonds is 3. The molecular weight excluding hydrogens is 204 g/mol. The van der Waals surface area contributed by atoms with Crippen LogP contribution in [0.25, 0.3) is 5.57 Å². The van der Waals surface area contributed by atoms with Crippen molar-refractivity contribution in [2.45, 2.75) is 52.4 Å². The molecule has 1 unspecified atom stereocenters. The van der Waals surface area contributed by atoms with E-state index < -0.39 is 0 Å². The van der Waals surface area contributed by atoms with Crippen LogP contribution >= 0.6 is 0 Å². The lowest BCUT2D eigenvalue weighted by Gasteiger charge is -2.15. The molecular formula is C17H22. The highest BCUT2D eigenvalue weighted by Crippen LogP contribution is 2.38. The van der Waals surface area contributed by atoms with Crippen molar-refractivity contribution in [3.63, 3.8) is 0 Å². The summed E-state index contributed by atoms with van der Waals surface area (Å²) in [6.07, 6.45) is 10.2. The predicted molar refractivity (Wildman–Crippen MR) is 74.2 cm³/mol. The summed E-state index contributed by atoms with van der Waals surface area (Å²) >= 11 is 0. The molecule has 0 fully saturated rings. The lowest BCUT2D eigenvalue weighted by molar-refractivity contribution is 0.650. The number of benzene rings is 1. The van der Waals surface area contributed by atoms with E-state index in [2.05, 4.69) is 32.1 Å². The maximum Gasteiger partial charge on any atom is -0.00852 e. The highest BCUT2D eigenvalue weighted by atomic mass is 14.3. The van der Waals surface area contributed by atoms with Gasteiger partial charge in [0.1, 0.15) is 0 Å². The molecule has 0 radical (unpaired) electrons. The zero-order chi connectivity index (χ0) is 11.8. The van der Waals surface area contributed by atoms with Crippen molar-refractivity contribution in [1.29, 1.82) is 0 Å². The van der Waals surface area contributed by atoms with E-state index in [0.717, 1.165) is 5.92 Å². The zero-order valence-electron chi connectivity index (χ0n) is 11.1. The largest absolute Gasteiger partial charge is 0.0760 e. The van der Waals surface area contributed by atoms with E-state index in [1.807, 2.05) is 0 Å². The van der Waals surface area contributed by atoms with Crippen molar-refractivity contribution in [3.05, 3.63) is 40.5 Å². The molecule has 0 heteroatoms. The van der Waals surface area contributed by atoms with Crippen LogP contribution in [0.4, 0.5) is 0 Å².